The van der Waals surface area contributed by atoms with E-state index >= 15 is 0 Å². The molecular weight excluding hydrogens is 548 g/mol. The smallest absolute Gasteiger partial charge is 0.261 e. The van der Waals surface area contributed by atoms with Crippen molar-refractivity contribution in [1.82, 2.24) is 10.2 Å². The second-order valence-electron chi connectivity index (χ2n) is 8.03. The van der Waals surface area contributed by atoms with E-state index in [1.165, 1.54) is 0 Å². The number of nitrogens with one attached hydrogen (secondary N) is 1. The molecule has 0 saturated heterocycles. The molecule has 0 aliphatic heterocycles. The lowest BCUT2D eigenvalue weighted by atomic mass is 10.1. The molecule has 0 bridgehead atoms. The molecule has 33 heavy (non-hydrogen) atoms. The highest BCUT2D eigenvalue weighted by atomic mass is 79.9. The number of carbonyl (C=O) groups excluding carboxylic acids is 2. The topological polar surface area (TPSA) is 58.6 Å². The van der Waals surface area contributed by atoms with Crippen molar-refractivity contribution in [2.45, 2.75) is 45.8 Å². The highest BCUT2D eigenvalue weighted by Crippen LogP contribution is 2.33. The Labute approximate surface area is 211 Å². The highest BCUT2D eigenvalue weighted by Gasteiger charge is 2.27. The van der Waals surface area contributed by atoms with Crippen molar-refractivity contribution >= 4 is 54.4 Å². The lowest BCUT2D eigenvalue weighted by Crippen LogP contribution is -2.50. The lowest BCUT2D eigenvalue weighted by molar-refractivity contribution is -0.142. The molecule has 0 aliphatic carbocycles. The third-order valence-electron chi connectivity index (χ3n) is 5.61. The summed E-state index contributed by atoms with van der Waals surface area (Å²) in [5, 5.41) is 5.06. The standard InChI is InChI=1S/C26H28Br2N2O3/c1-4-17(2)29-26(32)18(3)30(15-19-9-12-21(27)13-10-19)24(31)16-33-23-14-11-20-7-5-6-8-22(20)25(23)28/h5-14,17-18H,4,15-16H2,1-3H3,(H,29,32). The van der Waals surface area contributed by atoms with Crippen LogP contribution in [0.5, 0.6) is 5.75 Å². The van der Waals surface area contributed by atoms with Crippen molar-refractivity contribution in [2.75, 3.05) is 6.61 Å². The first kappa shape index (κ1) is 25.2. The Hall–Kier alpha value is -2.38. The van der Waals surface area contributed by atoms with Gasteiger partial charge in [-0.25, -0.2) is 0 Å². The minimum absolute atomic E-state index is 0.0365. The first-order chi connectivity index (χ1) is 15.8. The van der Waals surface area contributed by atoms with Gasteiger partial charge in [-0.3, -0.25) is 9.59 Å². The molecule has 2 atom stereocenters. The van der Waals surface area contributed by atoms with E-state index in [9.17, 15) is 9.59 Å². The molecule has 174 valence electrons. The molecule has 0 fully saturated rings. The molecule has 7 heteroatoms. The number of rotatable bonds is 9. The van der Waals surface area contributed by atoms with E-state index in [1.807, 2.05) is 74.5 Å². The van der Waals surface area contributed by atoms with Gasteiger partial charge in [0, 0.05) is 17.1 Å². The van der Waals surface area contributed by atoms with Crippen molar-refractivity contribution < 1.29 is 14.3 Å². The van der Waals surface area contributed by atoms with Gasteiger partial charge in [-0.15, -0.1) is 0 Å². The summed E-state index contributed by atoms with van der Waals surface area (Å²) < 4.78 is 7.66. The van der Waals surface area contributed by atoms with Crippen LogP contribution in [-0.4, -0.2) is 35.4 Å². The van der Waals surface area contributed by atoms with Crippen LogP contribution in [0.1, 0.15) is 32.8 Å². The minimum Gasteiger partial charge on any atom is -0.483 e. The Balaban J connectivity index is 1.78. The molecule has 5 nitrogen and oxygen atoms in total. The van der Waals surface area contributed by atoms with E-state index in [1.54, 1.807) is 11.8 Å². The molecule has 3 aromatic rings. The Morgan fingerprint density at radius 1 is 1.00 bits per heavy atom. The number of benzene rings is 3. The number of carbonyl (C=O) groups is 2. The van der Waals surface area contributed by atoms with Gasteiger partial charge >= 0.3 is 0 Å². The summed E-state index contributed by atoms with van der Waals surface area (Å²) in [6.07, 6.45) is 0.818. The molecular formula is C26H28Br2N2O3. The number of halogens is 2. The zero-order chi connectivity index (χ0) is 24.0. The second kappa shape index (κ2) is 11.7. The fraction of sp³-hybridized carbons (Fsp3) is 0.308. The number of fused-ring (bicyclic) bond motifs is 1. The van der Waals surface area contributed by atoms with Gasteiger partial charge in [0.15, 0.2) is 6.61 Å². The van der Waals surface area contributed by atoms with Gasteiger partial charge in [0.25, 0.3) is 5.91 Å². The van der Waals surface area contributed by atoms with Crippen LogP contribution >= 0.6 is 31.9 Å². The summed E-state index contributed by atoms with van der Waals surface area (Å²) in [6.45, 7) is 5.85. The van der Waals surface area contributed by atoms with Crippen LogP contribution in [0.4, 0.5) is 0 Å². The summed E-state index contributed by atoms with van der Waals surface area (Å²) >= 11 is 7.03. The largest absolute Gasteiger partial charge is 0.483 e. The predicted molar refractivity (Wildman–Crippen MR) is 139 cm³/mol. The molecule has 2 amide bonds. The molecule has 1 N–H and O–H groups in total. The number of amides is 2. The van der Waals surface area contributed by atoms with Crippen LogP contribution in [-0.2, 0) is 16.1 Å². The third-order valence-corrected chi connectivity index (χ3v) is 6.96. The zero-order valence-corrected chi connectivity index (χ0v) is 22.1. The molecule has 0 saturated carbocycles. The van der Waals surface area contributed by atoms with Gasteiger partial charge in [0.2, 0.25) is 5.91 Å². The van der Waals surface area contributed by atoms with Gasteiger partial charge in [-0.05, 0) is 70.7 Å². The number of nitrogens with zero attached hydrogens (tertiary/aromatic N) is 1. The maximum absolute atomic E-state index is 13.3. The average molecular weight is 576 g/mol. The maximum Gasteiger partial charge on any atom is 0.261 e. The summed E-state index contributed by atoms with van der Waals surface area (Å²) in [7, 11) is 0. The van der Waals surface area contributed by atoms with Crippen LogP contribution in [0.25, 0.3) is 10.8 Å². The molecule has 3 rings (SSSR count). The molecule has 3 aromatic carbocycles. The molecule has 0 heterocycles. The van der Waals surface area contributed by atoms with Crippen LogP contribution in [0.3, 0.4) is 0 Å². The molecule has 0 spiro atoms. The summed E-state index contributed by atoms with van der Waals surface area (Å²) in [5.41, 5.74) is 0.932. The van der Waals surface area contributed by atoms with Gasteiger partial charge in [-0.2, -0.15) is 0 Å². The molecule has 2 unspecified atom stereocenters. The van der Waals surface area contributed by atoms with Gasteiger partial charge in [-0.1, -0.05) is 65.3 Å². The number of hydrogen-bond acceptors (Lipinski definition) is 3. The van der Waals surface area contributed by atoms with Crippen molar-refractivity contribution in [3.8, 4) is 5.75 Å². The lowest BCUT2D eigenvalue weighted by Gasteiger charge is -2.29. The van der Waals surface area contributed by atoms with Crippen molar-refractivity contribution in [3.05, 3.63) is 75.2 Å². The second-order valence-corrected chi connectivity index (χ2v) is 9.74. The van der Waals surface area contributed by atoms with Crippen LogP contribution < -0.4 is 10.1 Å². The normalized spacial score (nSPS) is 12.8. The Kier molecular flexibility index (Phi) is 8.92. The van der Waals surface area contributed by atoms with Crippen LogP contribution in [0, 0.1) is 0 Å². The van der Waals surface area contributed by atoms with E-state index in [4.69, 9.17) is 4.74 Å². The van der Waals surface area contributed by atoms with Crippen LogP contribution in [0.15, 0.2) is 69.6 Å². The molecule has 0 aromatic heterocycles. The SMILES string of the molecule is CCC(C)NC(=O)C(C)N(Cc1ccc(Br)cc1)C(=O)COc1ccc2ccccc2c1Br. The number of hydrogen-bond donors (Lipinski definition) is 1. The van der Waals surface area contributed by atoms with E-state index in [0.717, 1.165) is 31.7 Å². The zero-order valence-electron chi connectivity index (χ0n) is 19.0. The maximum atomic E-state index is 13.3. The Bertz CT molecular complexity index is 1120. The third kappa shape index (κ3) is 6.58. The molecule has 0 aliphatic rings. The van der Waals surface area contributed by atoms with Crippen molar-refractivity contribution in [3.63, 3.8) is 0 Å². The first-order valence-electron chi connectivity index (χ1n) is 10.9. The molecule has 0 radical (unpaired) electrons. The Morgan fingerprint density at radius 3 is 2.39 bits per heavy atom. The fourth-order valence-electron chi connectivity index (χ4n) is 3.38. The monoisotopic (exact) mass is 574 g/mol. The fourth-order valence-corrected chi connectivity index (χ4v) is 4.25. The predicted octanol–water partition coefficient (Wildman–Crippen LogP) is 6.08. The van der Waals surface area contributed by atoms with E-state index in [-0.39, 0.29) is 24.5 Å². The number of ether oxygens (including phenoxy) is 1. The van der Waals surface area contributed by atoms with E-state index in [0.29, 0.717) is 12.3 Å². The highest BCUT2D eigenvalue weighted by molar-refractivity contribution is 9.11. The summed E-state index contributed by atoms with van der Waals surface area (Å²) in [5.74, 6) is 0.147. The van der Waals surface area contributed by atoms with Gasteiger partial charge in [0.05, 0.1) is 4.47 Å². The average Bonchev–Trinajstić information content (AvgIpc) is 2.82. The minimum atomic E-state index is -0.640. The summed E-state index contributed by atoms with van der Waals surface area (Å²) in [6, 6.07) is 18.9. The van der Waals surface area contributed by atoms with Gasteiger partial charge < -0.3 is 15.0 Å². The first-order valence-corrected chi connectivity index (χ1v) is 12.5. The quantitative estimate of drug-likeness (QED) is 0.336. The van der Waals surface area contributed by atoms with Crippen LogP contribution in [0.2, 0.25) is 0 Å². The summed E-state index contributed by atoms with van der Waals surface area (Å²) in [4.78, 5) is 27.6. The van der Waals surface area contributed by atoms with E-state index < -0.39 is 6.04 Å². The Morgan fingerprint density at radius 2 is 1.70 bits per heavy atom. The van der Waals surface area contributed by atoms with Gasteiger partial charge in [0.1, 0.15) is 11.8 Å². The van der Waals surface area contributed by atoms with Crippen molar-refractivity contribution in [1.29, 1.82) is 0 Å². The van der Waals surface area contributed by atoms with E-state index in [2.05, 4.69) is 37.2 Å². The van der Waals surface area contributed by atoms with Crippen molar-refractivity contribution in [2.24, 2.45) is 0 Å².